The summed E-state index contributed by atoms with van der Waals surface area (Å²) in [5.74, 6) is 0.206. The van der Waals surface area contributed by atoms with E-state index in [2.05, 4.69) is 0 Å². The summed E-state index contributed by atoms with van der Waals surface area (Å²) in [6.45, 7) is 3.58. The number of carbonyl (C=O) groups is 1. The number of ketones is 1. The molecule has 0 aliphatic carbocycles. The Hall–Kier alpha value is -0.240. The molecular weight excluding hydrogens is 254 g/mol. The van der Waals surface area contributed by atoms with Gasteiger partial charge in [0.25, 0.3) is 0 Å². The molecule has 1 rings (SSSR count). The Morgan fingerprint density at radius 2 is 1.67 bits per heavy atom. The van der Waals surface area contributed by atoms with Crippen molar-refractivity contribution in [1.29, 1.82) is 0 Å². The molecule has 0 unspecified atom stereocenters. The van der Waals surface area contributed by atoms with Crippen molar-refractivity contribution in [2.75, 3.05) is 5.88 Å². The molecule has 0 aliphatic heterocycles. The molecule has 0 saturated carbocycles. The third-order valence-corrected chi connectivity index (χ3v) is 3.18. The SMILES string of the molecule is CC(C)(CCl)C(=O)c1cc(Cl)cc(Cl)c1. The number of carbonyl (C=O) groups excluding carboxylic acids is 1. The van der Waals surface area contributed by atoms with E-state index in [1.165, 1.54) is 0 Å². The second-order valence-corrected chi connectivity index (χ2v) is 5.14. The fraction of sp³-hybridized carbons (Fsp3) is 0.364. The van der Waals surface area contributed by atoms with Gasteiger partial charge in [0, 0.05) is 26.9 Å². The minimum atomic E-state index is -0.602. The summed E-state index contributed by atoms with van der Waals surface area (Å²) in [5.41, 5.74) is -0.103. The zero-order chi connectivity index (χ0) is 11.6. The van der Waals surface area contributed by atoms with Crippen LogP contribution in [0.1, 0.15) is 24.2 Å². The summed E-state index contributed by atoms with van der Waals surface area (Å²) in [5, 5.41) is 0.910. The van der Waals surface area contributed by atoms with Gasteiger partial charge in [-0.25, -0.2) is 0 Å². The number of benzene rings is 1. The van der Waals surface area contributed by atoms with Gasteiger partial charge in [0.1, 0.15) is 0 Å². The Balaban J connectivity index is 3.12. The van der Waals surface area contributed by atoms with E-state index in [9.17, 15) is 4.79 Å². The van der Waals surface area contributed by atoms with Crippen LogP contribution < -0.4 is 0 Å². The van der Waals surface area contributed by atoms with E-state index in [4.69, 9.17) is 34.8 Å². The number of rotatable bonds is 3. The van der Waals surface area contributed by atoms with Gasteiger partial charge in [0.15, 0.2) is 5.78 Å². The molecular formula is C11H11Cl3O. The van der Waals surface area contributed by atoms with Gasteiger partial charge < -0.3 is 0 Å². The van der Waals surface area contributed by atoms with Crippen LogP contribution in [0.5, 0.6) is 0 Å². The molecule has 0 aliphatic rings. The Labute approximate surface area is 104 Å². The maximum atomic E-state index is 12.0. The zero-order valence-electron chi connectivity index (χ0n) is 8.48. The van der Waals surface area contributed by atoms with Crippen molar-refractivity contribution in [3.05, 3.63) is 33.8 Å². The maximum Gasteiger partial charge on any atom is 0.169 e. The molecule has 0 N–H and O–H groups in total. The van der Waals surface area contributed by atoms with Crippen molar-refractivity contribution < 1.29 is 4.79 Å². The van der Waals surface area contributed by atoms with Crippen LogP contribution in [-0.2, 0) is 0 Å². The second-order valence-electron chi connectivity index (χ2n) is 4.00. The first-order valence-corrected chi connectivity index (χ1v) is 5.73. The highest BCUT2D eigenvalue weighted by Crippen LogP contribution is 2.27. The number of halogens is 3. The summed E-state index contributed by atoms with van der Waals surface area (Å²) in [4.78, 5) is 12.0. The van der Waals surface area contributed by atoms with Crippen LogP contribution in [0.4, 0.5) is 0 Å². The van der Waals surface area contributed by atoms with Crippen LogP contribution in [-0.4, -0.2) is 11.7 Å². The van der Waals surface area contributed by atoms with E-state index in [1.54, 1.807) is 32.0 Å². The topological polar surface area (TPSA) is 17.1 Å². The summed E-state index contributed by atoms with van der Waals surface area (Å²) in [7, 11) is 0. The van der Waals surface area contributed by atoms with Gasteiger partial charge in [-0.05, 0) is 18.2 Å². The van der Waals surface area contributed by atoms with Gasteiger partial charge in [0.2, 0.25) is 0 Å². The Bertz CT molecular complexity index is 365. The zero-order valence-corrected chi connectivity index (χ0v) is 10.7. The summed E-state index contributed by atoms with van der Waals surface area (Å²) < 4.78 is 0. The Kier molecular flexibility index (Phi) is 4.05. The van der Waals surface area contributed by atoms with Crippen molar-refractivity contribution >= 4 is 40.6 Å². The number of alkyl halides is 1. The Morgan fingerprint density at radius 1 is 1.20 bits per heavy atom. The fourth-order valence-electron chi connectivity index (χ4n) is 1.14. The molecule has 0 saturated heterocycles. The van der Waals surface area contributed by atoms with Crippen molar-refractivity contribution in [3.63, 3.8) is 0 Å². The lowest BCUT2D eigenvalue weighted by Gasteiger charge is -2.19. The smallest absolute Gasteiger partial charge is 0.169 e. The molecule has 0 amide bonds. The summed E-state index contributed by atoms with van der Waals surface area (Å²) in [6, 6.07) is 4.79. The highest BCUT2D eigenvalue weighted by atomic mass is 35.5. The lowest BCUT2D eigenvalue weighted by atomic mass is 9.86. The molecule has 0 radical (unpaired) electrons. The van der Waals surface area contributed by atoms with Gasteiger partial charge >= 0.3 is 0 Å². The predicted molar refractivity (Wildman–Crippen MR) is 65.3 cm³/mol. The highest BCUT2D eigenvalue weighted by molar-refractivity contribution is 6.35. The van der Waals surface area contributed by atoms with Crippen LogP contribution in [0.3, 0.4) is 0 Å². The summed E-state index contributed by atoms with van der Waals surface area (Å²) >= 11 is 17.4. The van der Waals surface area contributed by atoms with Gasteiger partial charge in [-0.1, -0.05) is 37.0 Å². The molecule has 0 aromatic heterocycles. The molecule has 15 heavy (non-hydrogen) atoms. The van der Waals surface area contributed by atoms with Crippen molar-refractivity contribution in [1.82, 2.24) is 0 Å². The normalized spacial score (nSPS) is 11.5. The first-order chi connectivity index (χ1) is 6.86. The molecule has 4 heteroatoms. The fourth-order valence-corrected chi connectivity index (χ4v) is 1.78. The van der Waals surface area contributed by atoms with Crippen molar-refractivity contribution in [2.24, 2.45) is 5.41 Å². The van der Waals surface area contributed by atoms with E-state index >= 15 is 0 Å². The van der Waals surface area contributed by atoms with Crippen LogP contribution >= 0.6 is 34.8 Å². The number of hydrogen-bond donors (Lipinski definition) is 0. The minimum Gasteiger partial charge on any atom is -0.294 e. The molecule has 0 fully saturated rings. The molecule has 1 aromatic rings. The molecule has 1 nitrogen and oxygen atoms in total. The van der Waals surface area contributed by atoms with Crippen LogP contribution in [0.25, 0.3) is 0 Å². The van der Waals surface area contributed by atoms with Gasteiger partial charge in [-0.2, -0.15) is 0 Å². The summed E-state index contributed by atoms with van der Waals surface area (Å²) in [6.07, 6.45) is 0. The molecule has 0 spiro atoms. The van der Waals surface area contributed by atoms with Crippen LogP contribution in [0.15, 0.2) is 18.2 Å². The van der Waals surface area contributed by atoms with E-state index in [-0.39, 0.29) is 11.7 Å². The monoisotopic (exact) mass is 264 g/mol. The molecule has 0 bridgehead atoms. The minimum absolute atomic E-state index is 0.0538. The van der Waals surface area contributed by atoms with E-state index in [0.717, 1.165) is 0 Å². The largest absolute Gasteiger partial charge is 0.294 e. The van der Waals surface area contributed by atoms with Gasteiger partial charge in [-0.15, -0.1) is 11.6 Å². The van der Waals surface area contributed by atoms with Crippen molar-refractivity contribution in [3.8, 4) is 0 Å². The molecule has 82 valence electrons. The van der Waals surface area contributed by atoms with Crippen LogP contribution in [0.2, 0.25) is 10.0 Å². The van der Waals surface area contributed by atoms with E-state index < -0.39 is 5.41 Å². The second kappa shape index (κ2) is 4.73. The first-order valence-electron chi connectivity index (χ1n) is 4.43. The average molecular weight is 266 g/mol. The molecule has 1 aromatic carbocycles. The lowest BCUT2D eigenvalue weighted by Crippen LogP contribution is -2.26. The van der Waals surface area contributed by atoms with Crippen molar-refractivity contribution in [2.45, 2.75) is 13.8 Å². The standard InChI is InChI=1S/C11H11Cl3O/c1-11(2,6-12)10(15)7-3-8(13)5-9(14)4-7/h3-5H,6H2,1-2H3. The average Bonchev–Trinajstić information content (AvgIpc) is 2.15. The first kappa shape index (κ1) is 12.8. The van der Waals surface area contributed by atoms with Gasteiger partial charge in [0.05, 0.1) is 0 Å². The Morgan fingerprint density at radius 3 is 2.07 bits per heavy atom. The number of hydrogen-bond acceptors (Lipinski definition) is 1. The molecule has 0 heterocycles. The van der Waals surface area contributed by atoms with Crippen LogP contribution in [0, 0.1) is 5.41 Å². The lowest BCUT2D eigenvalue weighted by molar-refractivity contribution is 0.0862. The third kappa shape index (κ3) is 3.10. The molecule has 0 atom stereocenters. The maximum absolute atomic E-state index is 12.0. The number of Topliss-reactive ketones (excluding diaryl/α,β-unsaturated/α-hetero) is 1. The third-order valence-electron chi connectivity index (χ3n) is 2.07. The van der Waals surface area contributed by atoms with E-state index in [1.807, 2.05) is 0 Å². The van der Waals surface area contributed by atoms with E-state index in [0.29, 0.717) is 15.6 Å². The quantitative estimate of drug-likeness (QED) is 0.583. The van der Waals surface area contributed by atoms with Gasteiger partial charge in [-0.3, -0.25) is 4.79 Å². The highest BCUT2D eigenvalue weighted by Gasteiger charge is 2.27. The predicted octanol–water partition coefficient (Wildman–Crippen LogP) is 4.44.